The number of hydrogen-bond acceptors (Lipinski definition) is 2. The number of benzene rings is 1. The highest BCUT2D eigenvalue weighted by Gasteiger charge is 1.97. The van der Waals surface area contributed by atoms with E-state index < -0.39 is 6.03 Å². The van der Waals surface area contributed by atoms with Crippen molar-refractivity contribution in [2.45, 2.75) is 6.92 Å². The summed E-state index contributed by atoms with van der Waals surface area (Å²) in [5, 5.41) is 4.43. The van der Waals surface area contributed by atoms with Gasteiger partial charge in [-0.1, -0.05) is 23.7 Å². The summed E-state index contributed by atoms with van der Waals surface area (Å²) in [5.74, 6) is 0. The van der Waals surface area contributed by atoms with E-state index >= 15 is 0 Å². The number of hydrazone groups is 1. The molecule has 0 radical (unpaired) electrons. The number of primary amides is 1. The monoisotopic (exact) mass is 211 g/mol. The molecule has 0 aliphatic rings. The standard InChI is InChI=1S/C9H10ClN3O/c1-6(12-13-9(11)14)7-2-4-8(10)5-3-7/h2-5H,1H3,(H3,11,13,14)/b12-6+. The summed E-state index contributed by atoms with van der Waals surface area (Å²) >= 11 is 5.71. The molecule has 2 amide bonds. The Kier molecular flexibility index (Phi) is 3.48. The van der Waals surface area contributed by atoms with Gasteiger partial charge in [-0.15, -0.1) is 0 Å². The Hall–Kier alpha value is -1.55. The summed E-state index contributed by atoms with van der Waals surface area (Å²) in [7, 11) is 0. The summed E-state index contributed by atoms with van der Waals surface area (Å²) in [6.07, 6.45) is 0. The van der Waals surface area contributed by atoms with E-state index in [0.717, 1.165) is 5.56 Å². The molecule has 3 N–H and O–H groups in total. The number of hydrogen-bond donors (Lipinski definition) is 2. The quantitative estimate of drug-likeness (QED) is 0.568. The maximum Gasteiger partial charge on any atom is 0.332 e. The third-order valence-corrected chi connectivity index (χ3v) is 1.85. The van der Waals surface area contributed by atoms with Crippen molar-refractivity contribution >= 4 is 23.3 Å². The van der Waals surface area contributed by atoms with Gasteiger partial charge in [0.05, 0.1) is 5.71 Å². The molecule has 0 saturated carbocycles. The molecular formula is C9H10ClN3O. The zero-order valence-electron chi connectivity index (χ0n) is 7.62. The number of rotatable bonds is 2. The number of carbonyl (C=O) groups is 1. The van der Waals surface area contributed by atoms with Crippen molar-refractivity contribution in [2.75, 3.05) is 0 Å². The van der Waals surface area contributed by atoms with Crippen LogP contribution in [-0.2, 0) is 0 Å². The minimum absolute atomic E-state index is 0.657. The van der Waals surface area contributed by atoms with Gasteiger partial charge in [-0.25, -0.2) is 10.2 Å². The first-order valence-electron chi connectivity index (χ1n) is 3.95. The lowest BCUT2D eigenvalue weighted by Crippen LogP contribution is -2.25. The molecule has 14 heavy (non-hydrogen) atoms. The number of nitrogens with two attached hydrogens (primary N) is 1. The Balaban J connectivity index is 2.78. The van der Waals surface area contributed by atoms with Crippen LogP contribution in [0, 0.1) is 0 Å². The zero-order chi connectivity index (χ0) is 10.6. The molecule has 1 aromatic rings. The minimum Gasteiger partial charge on any atom is -0.350 e. The van der Waals surface area contributed by atoms with Crippen LogP contribution in [0.1, 0.15) is 12.5 Å². The van der Waals surface area contributed by atoms with Gasteiger partial charge in [0, 0.05) is 5.02 Å². The smallest absolute Gasteiger partial charge is 0.332 e. The van der Waals surface area contributed by atoms with Crippen molar-refractivity contribution in [1.82, 2.24) is 5.43 Å². The highest BCUT2D eigenvalue weighted by Crippen LogP contribution is 2.09. The summed E-state index contributed by atoms with van der Waals surface area (Å²) in [5.41, 5.74) is 8.56. The van der Waals surface area contributed by atoms with E-state index in [4.69, 9.17) is 17.3 Å². The zero-order valence-corrected chi connectivity index (χ0v) is 8.38. The first-order valence-corrected chi connectivity index (χ1v) is 4.33. The summed E-state index contributed by atoms with van der Waals surface area (Å²) in [4.78, 5) is 10.4. The fourth-order valence-corrected chi connectivity index (χ4v) is 1.02. The number of nitrogens with zero attached hydrogens (tertiary/aromatic N) is 1. The molecule has 0 spiro atoms. The molecule has 1 rings (SSSR count). The topological polar surface area (TPSA) is 67.5 Å². The Morgan fingerprint density at radius 3 is 2.50 bits per heavy atom. The summed E-state index contributed by atoms with van der Waals surface area (Å²) < 4.78 is 0. The van der Waals surface area contributed by atoms with E-state index in [9.17, 15) is 4.79 Å². The molecule has 74 valence electrons. The molecule has 0 unspecified atom stereocenters. The predicted molar refractivity (Wildman–Crippen MR) is 56.4 cm³/mol. The number of carbonyl (C=O) groups excluding carboxylic acids is 1. The second-order valence-electron chi connectivity index (χ2n) is 2.68. The number of urea groups is 1. The highest BCUT2D eigenvalue weighted by atomic mass is 35.5. The molecular weight excluding hydrogens is 202 g/mol. The number of nitrogens with one attached hydrogen (secondary N) is 1. The first-order chi connectivity index (χ1) is 6.59. The van der Waals surface area contributed by atoms with Crippen molar-refractivity contribution in [2.24, 2.45) is 10.8 Å². The molecule has 0 aliphatic heterocycles. The third-order valence-electron chi connectivity index (χ3n) is 1.60. The van der Waals surface area contributed by atoms with E-state index in [1.165, 1.54) is 0 Å². The molecule has 0 aromatic heterocycles. The largest absolute Gasteiger partial charge is 0.350 e. The van der Waals surface area contributed by atoms with Crippen molar-refractivity contribution in [3.8, 4) is 0 Å². The van der Waals surface area contributed by atoms with E-state index in [1.54, 1.807) is 19.1 Å². The van der Waals surface area contributed by atoms with Crippen molar-refractivity contribution in [3.63, 3.8) is 0 Å². The second kappa shape index (κ2) is 4.62. The van der Waals surface area contributed by atoms with Crippen LogP contribution < -0.4 is 11.2 Å². The average molecular weight is 212 g/mol. The Morgan fingerprint density at radius 1 is 1.43 bits per heavy atom. The van der Waals surface area contributed by atoms with Crippen LogP contribution in [-0.4, -0.2) is 11.7 Å². The van der Waals surface area contributed by atoms with Crippen LogP contribution in [0.15, 0.2) is 29.4 Å². The van der Waals surface area contributed by atoms with Gasteiger partial charge < -0.3 is 5.73 Å². The van der Waals surface area contributed by atoms with Gasteiger partial charge >= 0.3 is 6.03 Å². The fraction of sp³-hybridized carbons (Fsp3) is 0.111. The van der Waals surface area contributed by atoms with Crippen LogP contribution in [0.25, 0.3) is 0 Å². The summed E-state index contributed by atoms with van der Waals surface area (Å²) in [6.45, 7) is 1.76. The molecule has 0 bridgehead atoms. The van der Waals surface area contributed by atoms with Crippen LogP contribution in [0.5, 0.6) is 0 Å². The molecule has 1 aromatic carbocycles. The molecule has 0 atom stereocenters. The Morgan fingerprint density at radius 2 is 2.00 bits per heavy atom. The Labute approximate surface area is 86.7 Å². The predicted octanol–water partition coefficient (Wildman–Crippen LogP) is 1.73. The van der Waals surface area contributed by atoms with Crippen molar-refractivity contribution in [1.29, 1.82) is 0 Å². The lowest BCUT2D eigenvalue weighted by Gasteiger charge is -2.00. The maximum atomic E-state index is 10.4. The molecule has 4 nitrogen and oxygen atoms in total. The van der Waals surface area contributed by atoms with E-state index in [2.05, 4.69) is 10.5 Å². The van der Waals surface area contributed by atoms with E-state index in [-0.39, 0.29) is 0 Å². The Bertz CT molecular complexity index is 359. The van der Waals surface area contributed by atoms with Crippen molar-refractivity contribution in [3.05, 3.63) is 34.9 Å². The molecule has 0 heterocycles. The average Bonchev–Trinajstić information content (AvgIpc) is 2.15. The SMILES string of the molecule is C/C(=N\NC(N)=O)c1ccc(Cl)cc1. The highest BCUT2D eigenvalue weighted by molar-refractivity contribution is 6.30. The van der Waals surface area contributed by atoms with E-state index in [0.29, 0.717) is 10.7 Å². The van der Waals surface area contributed by atoms with Gasteiger partial charge in [-0.05, 0) is 24.6 Å². The number of amides is 2. The van der Waals surface area contributed by atoms with Crippen LogP contribution in [0.4, 0.5) is 4.79 Å². The minimum atomic E-state index is -0.682. The van der Waals surface area contributed by atoms with Crippen LogP contribution in [0.2, 0.25) is 5.02 Å². The van der Waals surface area contributed by atoms with Gasteiger partial charge in [-0.2, -0.15) is 5.10 Å². The second-order valence-corrected chi connectivity index (χ2v) is 3.12. The fourth-order valence-electron chi connectivity index (χ4n) is 0.895. The maximum absolute atomic E-state index is 10.4. The lowest BCUT2D eigenvalue weighted by molar-refractivity contribution is 0.249. The normalized spacial score (nSPS) is 11.1. The van der Waals surface area contributed by atoms with Crippen LogP contribution >= 0.6 is 11.6 Å². The molecule has 5 heteroatoms. The van der Waals surface area contributed by atoms with Gasteiger partial charge in [0.2, 0.25) is 0 Å². The third kappa shape index (κ3) is 3.06. The van der Waals surface area contributed by atoms with Gasteiger partial charge in [-0.3, -0.25) is 0 Å². The summed E-state index contributed by atoms with van der Waals surface area (Å²) in [6, 6.07) is 6.44. The van der Waals surface area contributed by atoms with E-state index in [1.807, 2.05) is 12.1 Å². The van der Waals surface area contributed by atoms with Crippen LogP contribution in [0.3, 0.4) is 0 Å². The molecule has 0 fully saturated rings. The first kappa shape index (κ1) is 10.5. The van der Waals surface area contributed by atoms with Crippen molar-refractivity contribution < 1.29 is 4.79 Å². The molecule has 0 aliphatic carbocycles. The number of halogens is 1. The van der Waals surface area contributed by atoms with Gasteiger partial charge in [0.1, 0.15) is 0 Å². The van der Waals surface area contributed by atoms with Gasteiger partial charge in [0.25, 0.3) is 0 Å². The lowest BCUT2D eigenvalue weighted by atomic mass is 10.1. The van der Waals surface area contributed by atoms with Gasteiger partial charge in [0.15, 0.2) is 0 Å². The molecule has 0 saturated heterocycles.